The Morgan fingerprint density at radius 1 is 1.31 bits per heavy atom. The maximum Gasteiger partial charge on any atom is 0.0907 e. The first-order valence-corrected chi connectivity index (χ1v) is 6.99. The van der Waals surface area contributed by atoms with Gasteiger partial charge in [0.25, 0.3) is 0 Å². The van der Waals surface area contributed by atoms with E-state index in [0.717, 1.165) is 5.92 Å². The Labute approximate surface area is 101 Å². The molecule has 84 valence electrons. The third-order valence-corrected chi connectivity index (χ3v) is 4.51. The van der Waals surface area contributed by atoms with Crippen LogP contribution in [0, 0.1) is 12.8 Å². The zero-order chi connectivity index (χ0) is 11.0. The van der Waals surface area contributed by atoms with E-state index in [9.17, 15) is 0 Å². The molecule has 1 aromatic heterocycles. The Balaban J connectivity index is 1.86. The molecule has 0 spiro atoms. The second kappa shape index (κ2) is 4.17. The van der Waals surface area contributed by atoms with E-state index in [1.807, 2.05) is 0 Å². The Bertz CT molecular complexity index is 494. The molecule has 0 radical (unpaired) electrons. The van der Waals surface area contributed by atoms with Crippen molar-refractivity contribution in [3.05, 3.63) is 28.8 Å². The average molecular weight is 231 g/mol. The van der Waals surface area contributed by atoms with Crippen molar-refractivity contribution < 1.29 is 0 Å². The van der Waals surface area contributed by atoms with Crippen molar-refractivity contribution in [2.24, 2.45) is 5.92 Å². The van der Waals surface area contributed by atoms with E-state index >= 15 is 0 Å². The number of fused-ring (bicyclic) bond motifs is 1. The van der Waals surface area contributed by atoms with Crippen LogP contribution < -0.4 is 0 Å². The second-order valence-electron chi connectivity index (χ2n) is 4.89. The van der Waals surface area contributed by atoms with Gasteiger partial charge in [-0.05, 0) is 37.0 Å². The summed E-state index contributed by atoms with van der Waals surface area (Å²) in [6, 6.07) is 6.82. The topological polar surface area (TPSA) is 12.9 Å². The standard InChI is InChI=1S/C14H17NS/c1-10-15-13-9-12(6-7-14(13)16-10)8-11-4-2-3-5-11/h6-7,9,11H,2-5,8H2,1H3. The normalized spacial score (nSPS) is 17.3. The van der Waals surface area contributed by atoms with Gasteiger partial charge in [-0.2, -0.15) is 0 Å². The summed E-state index contributed by atoms with van der Waals surface area (Å²) in [7, 11) is 0. The molecule has 0 unspecified atom stereocenters. The second-order valence-corrected chi connectivity index (χ2v) is 6.12. The molecular weight excluding hydrogens is 214 g/mol. The van der Waals surface area contributed by atoms with Gasteiger partial charge in [0.05, 0.1) is 15.2 Å². The highest BCUT2D eigenvalue weighted by molar-refractivity contribution is 7.18. The van der Waals surface area contributed by atoms with Gasteiger partial charge in [0.15, 0.2) is 0 Å². The Morgan fingerprint density at radius 3 is 2.94 bits per heavy atom. The first-order chi connectivity index (χ1) is 7.81. The molecule has 2 aromatic rings. The molecule has 1 aromatic carbocycles. The minimum Gasteiger partial charge on any atom is -0.242 e. The molecule has 0 amide bonds. The quantitative estimate of drug-likeness (QED) is 0.749. The first kappa shape index (κ1) is 10.3. The van der Waals surface area contributed by atoms with E-state index in [-0.39, 0.29) is 0 Å². The SMILES string of the molecule is Cc1nc2cc(CC3CCCC3)ccc2s1. The molecular formula is C14H17NS. The predicted octanol–water partition coefficient (Wildman–Crippen LogP) is 4.34. The Hall–Kier alpha value is -0.890. The van der Waals surface area contributed by atoms with Gasteiger partial charge >= 0.3 is 0 Å². The lowest BCUT2D eigenvalue weighted by Gasteiger charge is -2.08. The summed E-state index contributed by atoms with van der Waals surface area (Å²) in [6.07, 6.45) is 6.97. The van der Waals surface area contributed by atoms with Crippen LogP contribution in [-0.2, 0) is 6.42 Å². The number of aromatic nitrogens is 1. The lowest BCUT2D eigenvalue weighted by atomic mass is 9.98. The van der Waals surface area contributed by atoms with Gasteiger partial charge in [0, 0.05) is 0 Å². The van der Waals surface area contributed by atoms with E-state index < -0.39 is 0 Å². The largest absolute Gasteiger partial charge is 0.242 e. The summed E-state index contributed by atoms with van der Waals surface area (Å²) in [5.41, 5.74) is 2.67. The maximum atomic E-state index is 4.57. The van der Waals surface area contributed by atoms with Crippen LogP contribution in [0.5, 0.6) is 0 Å². The molecule has 1 aliphatic rings. The van der Waals surface area contributed by atoms with Gasteiger partial charge < -0.3 is 0 Å². The number of benzene rings is 1. The zero-order valence-corrected chi connectivity index (χ0v) is 10.5. The van der Waals surface area contributed by atoms with Crippen LogP contribution in [0.1, 0.15) is 36.3 Å². The van der Waals surface area contributed by atoms with Crippen molar-refractivity contribution in [1.82, 2.24) is 4.98 Å². The minimum absolute atomic E-state index is 0.928. The van der Waals surface area contributed by atoms with Crippen molar-refractivity contribution in [2.75, 3.05) is 0 Å². The molecule has 2 heteroatoms. The predicted molar refractivity (Wildman–Crippen MR) is 70.0 cm³/mol. The van der Waals surface area contributed by atoms with Gasteiger partial charge in [-0.15, -0.1) is 11.3 Å². The average Bonchev–Trinajstić information content (AvgIpc) is 2.85. The molecule has 0 bridgehead atoms. The van der Waals surface area contributed by atoms with Crippen LogP contribution in [-0.4, -0.2) is 4.98 Å². The van der Waals surface area contributed by atoms with E-state index in [0.29, 0.717) is 0 Å². The molecule has 1 fully saturated rings. The van der Waals surface area contributed by atoms with Gasteiger partial charge in [0.1, 0.15) is 0 Å². The fourth-order valence-electron chi connectivity index (χ4n) is 2.76. The fraction of sp³-hybridized carbons (Fsp3) is 0.500. The highest BCUT2D eigenvalue weighted by atomic mass is 32.1. The van der Waals surface area contributed by atoms with Crippen molar-refractivity contribution in [1.29, 1.82) is 0 Å². The molecule has 16 heavy (non-hydrogen) atoms. The van der Waals surface area contributed by atoms with Crippen LogP contribution in [0.2, 0.25) is 0 Å². The molecule has 0 N–H and O–H groups in total. The molecule has 3 rings (SSSR count). The number of hydrogen-bond acceptors (Lipinski definition) is 2. The summed E-state index contributed by atoms with van der Waals surface area (Å²) in [5.74, 6) is 0.928. The van der Waals surface area contributed by atoms with E-state index in [2.05, 4.69) is 30.1 Å². The molecule has 1 nitrogen and oxygen atoms in total. The van der Waals surface area contributed by atoms with E-state index in [1.165, 1.54) is 52.9 Å². The third kappa shape index (κ3) is 1.99. The Kier molecular flexibility index (Phi) is 2.68. The highest BCUT2D eigenvalue weighted by Crippen LogP contribution is 2.29. The maximum absolute atomic E-state index is 4.57. The smallest absolute Gasteiger partial charge is 0.0907 e. The van der Waals surface area contributed by atoms with Crippen LogP contribution in [0.15, 0.2) is 18.2 Å². The van der Waals surface area contributed by atoms with Gasteiger partial charge in [0.2, 0.25) is 0 Å². The third-order valence-electron chi connectivity index (χ3n) is 3.56. The van der Waals surface area contributed by atoms with Crippen LogP contribution >= 0.6 is 11.3 Å². The molecule has 1 saturated carbocycles. The van der Waals surface area contributed by atoms with Crippen molar-refractivity contribution in [2.45, 2.75) is 39.0 Å². The number of aryl methyl sites for hydroxylation is 1. The van der Waals surface area contributed by atoms with E-state index in [4.69, 9.17) is 0 Å². The summed E-state index contributed by atoms with van der Waals surface area (Å²) < 4.78 is 1.33. The van der Waals surface area contributed by atoms with Crippen molar-refractivity contribution in [3.8, 4) is 0 Å². The highest BCUT2D eigenvalue weighted by Gasteiger charge is 2.15. The molecule has 1 aliphatic carbocycles. The van der Waals surface area contributed by atoms with E-state index in [1.54, 1.807) is 11.3 Å². The molecule has 0 atom stereocenters. The van der Waals surface area contributed by atoms with Crippen molar-refractivity contribution >= 4 is 21.6 Å². The molecule has 0 aliphatic heterocycles. The minimum atomic E-state index is 0.928. The first-order valence-electron chi connectivity index (χ1n) is 6.17. The lowest BCUT2D eigenvalue weighted by Crippen LogP contribution is -1.98. The number of hydrogen-bond donors (Lipinski definition) is 0. The van der Waals surface area contributed by atoms with Crippen molar-refractivity contribution in [3.63, 3.8) is 0 Å². The van der Waals surface area contributed by atoms with Gasteiger partial charge in [-0.25, -0.2) is 4.98 Å². The van der Waals surface area contributed by atoms with Crippen LogP contribution in [0.25, 0.3) is 10.2 Å². The van der Waals surface area contributed by atoms with Gasteiger partial charge in [-0.3, -0.25) is 0 Å². The number of nitrogens with zero attached hydrogens (tertiary/aromatic N) is 1. The van der Waals surface area contributed by atoms with Crippen LogP contribution in [0.4, 0.5) is 0 Å². The Morgan fingerprint density at radius 2 is 2.12 bits per heavy atom. The fourth-order valence-corrected chi connectivity index (χ4v) is 3.57. The summed E-state index contributed by atoms with van der Waals surface area (Å²) >= 11 is 1.79. The lowest BCUT2D eigenvalue weighted by molar-refractivity contribution is 0.547. The molecule has 1 heterocycles. The number of thiazole rings is 1. The summed E-state index contributed by atoms with van der Waals surface area (Å²) in [4.78, 5) is 4.57. The van der Waals surface area contributed by atoms with Crippen LogP contribution in [0.3, 0.4) is 0 Å². The number of rotatable bonds is 2. The monoisotopic (exact) mass is 231 g/mol. The molecule has 0 saturated heterocycles. The summed E-state index contributed by atoms with van der Waals surface area (Å²) in [6.45, 7) is 2.08. The zero-order valence-electron chi connectivity index (χ0n) is 9.70. The van der Waals surface area contributed by atoms with Gasteiger partial charge in [-0.1, -0.05) is 31.7 Å². The summed E-state index contributed by atoms with van der Waals surface area (Å²) in [5, 5.41) is 1.17.